The zero-order valence-corrected chi connectivity index (χ0v) is 12.9. The van der Waals surface area contributed by atoms with Crippen molar-refractivity contribution in [1.29, 1.82) is 0 Å². The average Bonchev–Trinajstić information content (AvgIpc) is 2.79. The third kappa shape index (κ3) is 3.51. The smallest absolute Gasteiger partial charge is 0.241 e. The SMILES string of the molecule is CC(C(=O)Nc1ccc2c(c1)OCCCO2)N1CCNCC1. The Morgan fingerprint density at radius 3 is 2.73 bits per heavy atom. The van der Waals surface area contributed by atoms with Gasteiger partial charge in [-0.3, -0.25) is 9.69 Å². The number of nitrogens with zero attached hydrogens (tertiary/aromatic N) is 1. The number of nitrogens with one attached hydrogen (secondary N) is 2. The van der Waals surface area contributed by atoms with Gasteiger partial charge in [0.25, 0.3) is 0 Å². The first-order chi connectivity index (χ1) is 10.7. The third-order valence-corrected chi connectivity index (χ3v) is 4.09. The van der Waals surface area contributed by atoms with Crippen LogP contribution in [0.5, 0.6) is 11.5 Å². The van der Waals surface area contributed by atoms with Crippen LogP contribution in [-0.4, -0.2) is 56.2 Å². The maximum atomic E-state index is 12.4. The molecule has 6 heteroatoms. The first-order valence-electron chi connectivity index (χ1n) is 7.89. The Morgan fingerprint density at radius 1 is 1.23 bits per heavy atom. The van der Waals surface area contributed by atoms with Crippen molar-refractivity contribution in [3.05, 3.63) is 18.2 Å². The highest BCUT2D eigenvalue weighted by Crippen LogP contribution is 2.32. The summed E-state index contributed by atoms with van der Waals surface area (Å²) in [5, 5.41) is 6.27. The van der Waals surface area contributed by atoms with E-state index in [4.69, 9.17) is 9.47 Å². The minimum Gasteiger partial charge on any atom is -0.490 e. The van der Waals surface area contributed by atoms with Crippen LogP contribution in [0.25, 0.3) is 0 Å². The van der Waals surface area contributed by atoms with Gasteiger partial charge >= 0.3 is 0 Å². The van der Waals surface area contributed by atoms with Crippen LogP contribution in [-0.2, 0) is 4.79 Å². The highest BCUT2D eigenvalue weighted by atomic mass is 16.5. The molecule has 6 nitrogen and oxygen atoms in total. The lowest BCUT2D eigenvalue weighted by atomic mass is 10.2. The van der Waals surface area contributed by atoms with Crippen LogP contribution in [0.2, 0.25) is 0 Å². The summed E-state index contributed by atoms with van der Waals surface area (Å²) < 4.78 is 11.3. The Kier molecular flexibility index (Phi) is 4.80. The number of fused-ring (bicyclic) bond motifs is 1. The summed E-state index contributed by atoms with van der Waals surface area (Å²) in [7, 11) is 0. The Labute approximate surface area is 130 Å². The molecular weight excluding hydrogens is 282 g/mol. The summed E-state index contributed by atoms with van der Waals surface area (Å²) in [6.07, 6.45) is 0.871. The van der Waals surface area contributed by atoms with Crippen molar-refractivity contribution in [1.82, 2.24) is 10.2 Å². The predicted molar refractivity (Wildman–Crippen MR) is 84.6 cm³/mol. The van der Waals surface area contributed by atoms with Gasteiger partial charge in [-0.15, -0.1) is 0 Å². The van der Waals surface area contributed by atoms with E-state index in [0.29, 0.717) is 19.0 Å². The van der Waals surface area contributed by atoms with Crippen LogP contribution >= 0.6 is 0 Å². The van der Waals surface area contributed by atoms with Gasteiger partial charge in [-0.2, -0.15) is 0 Å². The van der Waals surface area contributed by atoms with Crippen molar-refractivity contribution in [3.63, 3.8) is 0 Å². The normalized spacial score (nSPS) is 20.0. The van der Waals surface area contributed by atoms with Crippen molar-refractivity contribution in [2.45, 2.75) is 19.4 Å². The molecule has 0 saturated carbocycles. The van der Waals surface area contributed by atoms with Crippen molar-refractivity contribution < 1.29 is 14.3 Å². The molecule has 1 aromatic rings. The second-order valence-corrected chi connectivity index (χ2v) is 5.66. The number of hydrogen-bond donors (Lipinski definition) is 2. The molecule has 1 fully saturated rings. The van der Waals surface area contributed by atoms with Gasteiger partial charge in [-0.1, -0.05) is 0 Å². The molecule has 1 aromatic carbocycles. The van der Waals surface area contributed by atoms with Crippen molar-refractivity contribution in [2.75, 3.05) is 44.7 Å². The molecule has 2 aliphatic heterocycles. The van der Waals surface area contributed by atoms with E-state index in [9.17, 15) is 4.79 Å². The molecule has 2 heterocycles. The first kappa shape index (κ1) is 15.1. The van der Waals surface area contributed by atoms with Crippen LogP contribution < -0.4 is 20.1 Å². The topological polar surface area (TPSA) is 62.8 Å². The number of carbonyl (C=O) groups is 1. The Hall–Kier alpha value is -1.79. The van der Waals surface area contributed by atoms with Crippen LogP contribution in [0.3, 0.4) is 0 Å². The summed E-state index contributed by atoms with van der Waals surface area (Å²) in [6.45, 7) is 6.92. The summed E-state index contributed by atoms with van der Waals surface area (Å²) in [5.41, 5.74) is 0.747. The van der Waals surface area contributed by atoms with Crippen LogP contribution in [0.1, 0.15) is 13.3 Å². The number of ether oxygens (including phenoxy) is 2. The molecule has 1 unspecified atom stereocenters. The summed E-state index contributed by atoms with van der Waals surface area (Å²) >= 11 is 0. The second-order valence-electron chi connectivity index (χ2n) is 5.66. The molecule has 120 valence electrons. The van der Waals surface area contributed by atoms with E-state index in [-0.39, 0.29) is 11.9 Å². The van der Waals surface area contributed by atoms with Gasteiger partial charge in [0.15, 0.2) is 11.5 Å². The standard InChI is InChI=1S/C16H23N3O3/c1-12(19-7-5-17-6-8-19)16(20)18-13-3-4-14-15(11-13)22-10-2-9-21-14/h3-4,11-12,17H,2,5-10H2,1H3,(H,18,20). The highest BCUT2D eigenvalue weighted by Gasteiger charge is 2.23. The van der Waals surface area contributed by atoms with E-state index in [1.54, 1.807) is 0 Å². The minimum atomic E-state index is -0.141. The molecule has 1 saturated heterocycles. The molecular formula is C16H23N3O3. The minimum absolute atomic E-state index is 0.0105. The second kappa shape index (κ2) is 6.98. The van der Waals surface area contributed by atoms with Crippen LogP contribution in [0.15, 0.2) is 18.2 Å². The van der Waals surface area contributed by atoms with E-state index in [1.807, 2.05) is 25.1 Å². The number of anilines is 1. The fourth-order valence-corrected chi connectivity index (χ4v) is 2.72. The number of benzene rings is 1. The Morgan fingerprint density at radius 2 is 1.95 bits per heavy atom. The Bertz CT molecular complexity index is 529. The first-order valence-corrected chi connectivity index (χ1v) is 7.89. The van der Waals surface area contributed by atoms with Crippen molar-refractivity contribution in [2.24, 2.45) is 0 Å². The lowest BCUT2D eigenvalue weighted by molar-refractivity contribution is -0.120. The molecule has 22 heavy (non-hydrogen) atoms. The number of rotatable bonds is 3. The van der Waals surface area contributed by atoms with Gasteiger partial charge in [0.05, 0.1) is 19.3 Å². The van der Waals surface area contributed by atoms with Gasteiger partial charge in [-0.25, -0.2) is 0 Å². The lowest BCUT2D eigenvalue weighted by Gasteiger charge is -2.31. The van der Waals surface area contributed by atoms with Gasteiger partial charge in [0, 0.05) is 44.4 Å². The van der Waals surface area contributed by atoms with Crippen LogP contribution in [0, 0.1) is 0 Å². The molecule has 1 atom stereocenters. The maximum absolute atomic E-state index is 12.4. The fraction of sp³-hybridized carbons (Fsp3) is 0.562. The molecule has 0 bridgehead atoms. The molecule has 0 aromatic heterocycles. The Balaban J connectivity index is 1.64. The van der Waals surface area contributed by atoms with E-state index in [2.05, 4.69) is 15.5 Å². The molecule has 1 amide bonds. The number of hydrogen-bond acceptors (Lipinski definition) is 5. The summed E-state index contributed by atoms with van der Waals surface area (Å²) in [5.74, 6) is 1.45. The van der Waals surface area contributed by atoms with Crippen molar-refractivity contribution in [3.8, 4) is 11.5 Å². The summed E-state index contributed by atoms with van der Waals surface area (Å²) in [6, 6.07) is 5.41. The molecule has 0 aliphatic carbocycles. The molecule has 2 N–H and O–H groups in total. The van der Waals surface area contributed by atoms with Gasteiger partial charge < -0.3 is 20.1 Å². The van der Waals surface area contributed by atoms with E-state index in [1.165, 1.54) is 0 Å². The maximum Gasteiger partial charge on any atom is 0.241 e. The summed E-state index contributed by atoms with van der Waals surface area (Å²) in [4.78, 5) is 14.6. The molecule has 0 radical (unpaired) electrons. The monoisotopic (exact) mass is 305 g/mol. The van der Waals surface area contributed by atoms with Gasteiger partial charge in [0.1, 0.15) is 0 Å². The van der Waals surface area contributed by atoms with Gasteiger partial charge in [0.2, 0.25) is 5.91 Å². The number of piperazine rings is 1. The predicted octanol–water partition coefficient (Wildman–Crippen LogP) is 1.08. The van der Waals surface area contributed by atoms with E-state index >= 15 is 0 Å². The van der Waals surface area contributed by atoms with Gasteiger partial charge in [-0.05, 0) is 19.1 Å². The highest BCUT2D eigenvalue weighted by molar-refractivity contribution is 5.94. The fourth-order valence-electron chi connectivity index (χ4n) is 2.72. The zero-order chi connectivity index (χ0) is 15.4. The van der Waals surface area contributed by atoms with E-state index < -0.39 is 0 Å². The van der Waals surface area contributed by atoms with E-state index in [0.717, 1.165) is 44.0 Å². The molecule has 0 spiro atoms. The quantitative estimate of drug-likeness (QED) is 0.875. The average molecular weight is 305 g/mol. The third-order valence-electron chi connectivity index (χ3n) is 4.09. The largest absolute Gasteiger partial charge is 0.490 e. The number of carbonyl (C=O) groups excluding carboxylic acids is 1. The molecule has 3 rings (SSSR count). The lowest BCUT2D eigenvalue weighted by Crippen LogP contribution is -2.51. The molecule has 2 aliphatic rings. The van der Waals surface area contributed by atoms with Crippen molar-refractivity contribution >= 4 is 11.6 Å². The zero-order valence-electron chi connectivity index (χ0n) is 12.9. The van der Waals surface area contributed by atoms with Crippen LogP contribution in [0.4, 0.5) is 5.69 Å². The number of amides is 1.